The number of nitrogens with two attached hydrogens (primary N) is 1. The molecule has 2 rings (SSSR count). The number of carbonyl (C=O) groups is 1. The van der Waals surface area contributed by atoms with E-state index in [4.69, 9.17) is 10.5 Å². The molecule has 4 nitrogen and oxygen atoms in total. The summed E-state index contributed by atoms with van der Waals surface area (Å²) >= 11 is 1.42. The van der Waals surface area contributed by atoms with Gasteiger partial charge in [0, 0.05) is 16.9 Å². The van der Waals surface area contributed by atoms with E-state index >= 15 is 0 Å². The number of amidine groups is 1. The van der Waals surface area contributed by atoms with Crippen LogP contribution in [0.1, 0.15) is 34.0 Å². The van der Waals surface area contributed by atoms with Crippen molar-refractivity contribution in [3.8, 4) is 5.75 Å². The van der Waals surface area contributed by atoms with E-state index in [1.165, 1.54) is 22.9 Å². The van der Waals surface area contributed by atoms with Crippen LogP contribution in [0.3, 0.4) is 0 Å². The molecule has 0 saturated carbocycles. The predicted molar refractivity (Wildman–Crippen MR) is 101 cm³/mol. The molecule has 0 aliphatic heterocycles. The first-order valence-corrected chi connectivity index (χ1v) is 8.61. The molecule has 5 heteroatoms. The monoisotopic (exact) mass is 342 g/mol. The van der Waals surface area contributed by atoms with Crippen molar-refractivity contribution in [2.75, 3.05) is 7.11 Å². The first-order valence-electron chi connectivity index (χ1n) is 7.62. The molecule has 0 atom stereocenters. The molecule has 24 heavy (non-hydrogen) atoms. The Morgan fingerprint density at radius 2 is 1.92 bits per heavy atom. The third kappa shape index (κ3) is 4.61. The van der Waals surface area contributed by atoms with Crippen molar-refractivity contribution < 1.29 is 9.53 Å². The van der Waals surface area contributed by atoms with Crippen LogP contribution in [0.4, 0.5) is 5.69 Å². The van der Waals surface area contributed by atoms with Crippen molar-refractivity contribution in [1.82, 2.24) is 0 Å². The van der Waals surface area contributed by atoms with Crippen molar-refractivity contribution >= 4 is 28.4 Å². The molecule has 0 heterocycles. The van der Waals surface area contributed by atoms with E-state index in [1.54, 1.807) is 20.1 Å². The number of methoxy groups -OCH3 is 1. The molecule has 2 N–H and O–H groups in total. The Balaban J connectivity index is 2.14. The zero-order chi connectivity index (χ0) is 17.7. The Kier molecular flexibility index (Phi) is 6.04. The maximum atomic E-state index is 11.5. The Labute approximate surface area is 147 Å². The third-order valence-corrected chi connectivity index (χ3v) is 4.63. The van der Waals surface area contributed by atoms with Crippen LogP contribution in [0, 0.1) is 13.8 Å². The van der Waals surface area contributed by atoms with Crippen LogP contribution in [-0.2, 0) is 5.75 Å². The lowest BCUT2D eigenvalue weighted by molar-refractivity contribution is 0.101. The van der Waals surface area contributed by atoms with Crippen molar-refractivity contribution in [3.05, 3.63) is 58.7 Å². The Hall–Kier alpha value is -2.27. The second kappa shape index (κ2) is 8.02. The highest BCUT2D eigenvalue weighted by Gasteiger charge is 2.08. The highest BCUT2D eigenvalue weighted by Crippen LogP contribution is 2.26. The summed E-state index contributed by atoms with van der Waals surface area (Å²) in [7, 11) is 1.61. The van der Waals surface area contributed by atoms with E-state index in [9.17, 15) is 4.79 Å². The number of thioether (sulfide) groups is 1. The Morgan fingerprint density at radius 1 is 1.17 bits per heavy atom. The first-order chi connectivity index (χ1) is 11.4. The van der Waals surface area contributed by atoms with Crippen molar-refractivity contribution in [2.24, 2.45) is 10.7 Å². The third-order valence-electron chi connectivity index (χ3n) is 3.79. The molecule has 0 unspecified atom stereocenters. The highest BCUT2D eigenvalue weighted by molar-refractivity contribution is 8.13. The number of rotatable bonds is 5. The zero-order valence-corrected chi connectivity index (χ0v) is 15.2. The van der Waals surface area contributed by atoms with Gasteiger partial charge in [0.25, 0.3) is 0 Å². The minimum absolute atomic E-state index is 0.0284. The summed E-state index contributed by atoms with van der Waals surface area (Å²) in [5, 5.41) is 0.480. The summed E-state index contributed by atoms with van der Waals surface area (Å²) in [5.41, 5.74) is 10.9. The van der Waals surface area contributed by atoms with Gasteiger partial charge in [0.2, 0.25) is 0 Å². The van der Waals surface area contributed by atoms with Gasteiger partial charge in [-0.05, 0) is 62.2 Å². The predicted octanol–water partition coefficient (Wildman–Crippen LogP) is 4.39. The quantitative estimate of drug-likeness (QED) is 0.497. The minimum Gasteiger partial charge on any atom is -0.496 e. The van der Waals surface area contributed by atoms with Gasteiger partial charge in [-0.2, -0.15) is 0 Å². The van der Waals surface area contributed by atoms with Crippen LogP contribution in [-0.4, -0.2) is 18.1 Å². The van der Waals surface area contributed by atoms with Crippen molar-refractivity contribution in [2.45, 2.75) is 26.5 Å². The Morgan fingerprint density at radius 3 is 2.54 bits per heavy atom. The number of aryl methyl sites for hydroxylation is 2. The molecular formula is C19H22N2O2S. The van der Waals surface area contributed by atoms with Crippen molar-refractivity contribution in [3.63, 3.8) is 0 Å². The number of carbonyl (C=O) groups excluding carboxylic acids is 1. The van der Waals surface area contributed by atoms with Crippen molar-refractivity contribution in [1.29, 1.82) is 0 Å². The van der Waals surface area contributed by atoms with Gasteiger partial charge in [0.1, 0.15) is 5.75 Å². The molecule has 0 amide bonds. The SMILES string of the molecule is COc1ccc(C(C)=O)cc1CSC(N)=Nc1ccc(C)c(C)c1. The molecule has 0 aromatic heterocycles. The lowest BCUT2D eigenvalue weighted by atomic mass is 10.1. The second-order valence-electron chi connectivity index (χ2n) is 5.59. The molecule has 126 valence electrons. The van der Waals surface area contributed by atoms with E-state index in [0.29, 0.717) is 16.5 Å². The lowest BCUT2D eigenvalue weighted by Gasteiger charge is -2.09. The normalized spacial score (nSPS) is 11.4. The van der Waals surface area contributed by atoms with Gasteiger partial charge in [-0.1, -0.05) is 17.8 Å². The number of hydrogen-bond donors (Lipinski definition) is 1. The van der Waals surface area contributed by atoms with Crippen LogP contribution in [0.15, 0.2) is 41.4 Å². The molecule has 2 aromatic carbocycles. The Bertz CT molecular complexity index is 785. The summed E-state index contributed by atoms with van der Waals surface area (Å²) in [6, 6.07) is 11.4. The smallest absolute Gasteiger partial charge is 0.159 e. The average Bonchev–Trinajstić information content (AvgIpc) is 2.56. The summed E-state index contributed by atoms with van der Waals surface area (Å²) in [5.74, 6) is 1.36. The second-order valence-corrected chi connectivity index (χ2v) is 6.59. The van der Waals surface area contributed by atoms with Crippen LogP contribution < -0.4 is 10.5 Å². The van der Waals surface area contributed by atoms with E-state index < -0.39 is 0 Å². The van der Waals surface area contributed by atoms with Gasteiger partial charge in [-0.3, -0.25) is 4.79 Å². The molecule has 0 spiro atoms. The molecule has 0 radical (unpaired) electrons. The van der Waals surface area contributed by atoms with Crippen LogP contribution in [0.5, 0.6) is 5.75 Å². The maximum absolute atomic E-state index is 11.5. The van der Waals surface area contributed by atoms with Crippen LogP contribution in [0.25, 0.3) is 0 Å². The van der Waals surface area contributed by atoms with Gasteiger partial charge >= 0.3 is 0 Å². The molecule has 0 bridgehead atoms. The fourth-order valence-electron chi connectivity index (χ4n) is 2.22. The van der Waals surface area contributed by atoms with Gasteiger partial charge < -0.3 is 10.5 Å². The maximum Gasteiger partial charge on any atom is 0.159 e. The van der Waals surface area contributed by atoms with Gasteiger partial charge in [-0.25, -0.2) is 4.99 Å². The summed E-state index contributed by atoms with van der Waals surface area (Å²) < 4.78 is 5.35. The molecule has 2 aromatic rings. The minimum atomic E-state index is 0.0284. The average molecular weight is 342 g/mol. The van der Waals surface area contributed by atoms with Gasteiger partial charge in [0.15, 0.2) is 11.0 Å². The van der Waals surface area contributed by atoms with E-state index in [2.05, 4.69) is 18.8 Å². The standard InChI is InChI=1S/C19H22N2O2S/c1-12-5-7-17(9-13(12)2)21-19(20)24-11-16-10-15(14(3)22)6-8-18(16)23-4/h5-10H,11H2,1-4H3,(H2,20,21). The summed E-state index contributed by atoms with van der Waals surface area (Å²) in [6.07, 6.45) is 0. The highest BCUT2D eigenvalue weighted by atomic mass is 32.2. The largest absolute Gasteiger partial charge is 0.496 e. The topological polar surface area (TPSA) is 64.7 Å². The van der Waals surface area contributed by atoms with Crippen LogP contribution >= 0.6 is 11.8 Å². The molecule has 0 aliphatic rings. The summed E-state index contributed by atoms with van der Waals surface area (Å²) in [6.45, 7) is 5.67. The van der Waals surface area contributed by atoms with Gasteiger partial charge in [-0.15, -0.1) is 0 Å². The van der Waals surface area contributed by atoms with E-state index in [0.717, 1.165) is 17.0 Å². The first kappa shape index (κ1) is 18.1. The van der Waals surface area contributed by atoms with E-state index in [1.807, 2.05) is 30.3 Å². The lowest BCUT2D eigenvalue weighted by Crippen LogP contribution is -2.07. The number of aliphatic imine (C=N–C) groups is 1. The van der Waals surface area contributed by atoms with Gasteiger partial charge in [0.05, 0.1) is 12.8 Å². The molecular weight excluding hydrogens is 320 g/mol. The molecule has 0 saturated heterocycles. The fourth-order valence-corrected chi connectivity index (χ4v) is 2.92. The number of ether oxygens (including phenoxy) is 1. The molecule has 0 fully saturated rings. The van der Waals surface area contributed by atoms with Crippen LogP contribution in [0.2, 0.25) is 0 Å². The fraction of sp³-hybridized carbons (Fsp3) is 0.263. The number of Topliss-reactive ketones (excluding diaryl/α,β-unsaturated/α-hetero) is 1. The van der Waals surface area contributed by atoms with E-state index in [-0.39, 0.29) is 5.78 Å². The number of benzene rings is 2. The number of ketones is 1. The number of nitrogens with zero attached hydrogens (tertiary/aromatic N) is 1. The summed E-state index contributed by atoms with van der Waals surface area (Å²) in [4.78, 5) is 16.0. The number of hydrogen-bond acceptors (Lipinski definition) is 4. The zero-order valence-electron chi connectivity index (χ0n) is 14.4. The molecule has 0 aliphatic carbocycles.